The molecule has 136 valence electrons. The molecular formula is C17H24FN5O2. The number of likely N-dealkylation sites (tertiary alicyclic amines) is 1. The van der Waals surface area contributed by atoms with Crippen molar-refractivity contribution in [1.82, 2.24) is 4.90 Å². The number of amides is 1. The van der Waals surface area contributed by atoms with E-state index in [0.717, 1.165) is 12.8 Å². The van der Waals surface area contributed by atoms with Crippen LogP contribution in [0.1, 0.15) is 33.6 Å². The van der Waals surface area contributed by atoms with Gasteiger partial charge in [0.25, 0.3) is 0 Å². The molecule has 0 aromatic heterocycles. The molecule has 0 saturated carbocycles. The molecule has 0 spiro atoms. The zero-order valence-corrected chi connectivity index (χ0v) is 14.8. The highest BCUT2D eigenvalue weighted by atomic mass is 19.1. The minimum absolute atomic E-state index is 0.244. The lowest BCUT2D eigenvalue weighted by Gasteiger charge is -2.33. The second-order valence-corrected chi connectivity index (χ2v) is 7.14. The molecule has 0 radical (unpaired) electrons. The van der Waals surface area contributed by atoms with Crippen LogP contribution < -0.4 is 5.32 Å². The first-order valence-electron chi connectivity index (χ1n) is 8.35. The number of rotatable bonds is 4. The lowest BCUT2D eigenvalue weighted by molar-refractivity contribution is 0.0188. The van der Waals surface area contributed by atoms with Gasteiger partial charge in [-0.2, -0.15) is 0 Å². The van der Waals surface area contributed by atoms with Crippen molar-refractivity contribution in [3.8, 4) is 0 Å². The summed E-state index contributed by atoms with van der Waals surface area (Å²) < 4.78 is 18.6. The van der Waals surface area contributed by atoms with Gasteiger partial charge in [-0.1, -0.05) is 5.11 Å². The number of benzene rings is 1. The fraction of sp³-hybridized carbons (Fsp3) is 0.588. The molecule has 1 aliphatic rings. The second kappa shape index (κ2) is 8.07. The summed E-state index contributed by atoms with van der Waals surface area (Å²) in [6.45, 7) is 7.52. The summed E-state index contributed by atoms with van der Waals surface area (Å²) in [6.07, 6.45) is 1.43. The van der Waals surface area contributed by atoms with Crippen LogP contribution in [0.5, 0.6) is 0 Å². The number of carbonyl (C=O) groups is 1. The third-order valence-electron chi connectivity index (χ3n) is 3.96. The average Bonchev–Trinajstić information content (AvgIpc) is 2.53. The van der Waals surface area contributed by atoms with Gasteiger partial charge in [0.05, 0.1) is 5.69 Å². The number of anilines is 1. The van der Waals surface area contributed by atoms with Crippen molar-refractivity contribution in [2.24, 2.45) is 11.0 Å². The highest BCUT2D eigenvalue weighted by Gasteiger charge is 2.26. The van der Waals surface area contributed by atoms with Gasteiger partial charge in [0, 0.05) is 30.2 Å². The first-order valence-corrected chi connectivity index (χ1v) is 8.35. The Balaban J connectivity index is 1.85. The van der Waals surface area contributed by atoms with Crippen LogP contribution in [-0.4, -0.2) is 36.2 Å². The molecule has 1 aromatic rings. The first-order chi connectivity index (χ1) is 11.8. The third kappa shape index (κ3) is 5.83. The fourth-order valence-corrected chi connectivity index (χ4v) is 2.69. The average molecular weight is 349 g/mol. The van der Waals surface area contributed by atoms with Crippen LogP contribution in [0.25, 0.3) is 10.4 Å². The van der Waals surface area contributed by atoms with Gasteiger partial charge in [-0.15, -0.1) is 0 Å². The van der Waals surface area contributed by atoms with Gasteiger partial charge < -0.3 is 15.0 Å². The summed E-state index contributed by atoms with van der Waals surface area (Å²) in [5, 5.41) is 6.72. The van der Waals surface area contributed by atoms with E-state index in [2.05, 4.69) is 15.3 Å². The molecule has 1 saturated heterocycles. The largest absolute Gasteiger partial charge is 0.444 e. The van der Waals surface area contributed by atoms with Gasteiger partial charge in [-0.05, 0) is 63.3 Å². The number of carbonyl (C=O) groups excluding carboxylic acids is 1. The molecule has 0 bridgehead atoms. The molecule has 1 heterocycles. The highest BCUT2D eigenvalue weighted by Crippen LogP contribution is 2.27. The van der Waals surface area contributed by atoms with Crippen molar-refractivity contribution in [3.05, 3.63) is 34.5 Å². The van der Waals surface area contributed by atoms with Crippen molar-refractivity contribution in [2.75, 3.05) is 25.0 Å². The minimum Gasteiger partial charge on any atom is -0.444 e. The van der Waals surface area contributed by atoms with E-state index in [-0.39, 0.29) is 11.8 Å². The van der Waals surface area contributed by atoms with Crippen LogP contribution in [0.4, 0.5) is 20.6 Å². The molecule has 25 heavy (non-hydrogen) atoms. The van der Waals surface area contributed by atoms with Gasteiger partial charge >= 0.3 is 6.09 Å². The van der Waals surface area contributed by atoms with Gasteiger partial charge in [0.15, 0.2) is 0 Å². The van der Waals surface area contributed by atoms with E-state index in [1.165, 1.54) is 12.1 Å². The van der Waals surface area contributed by atoms with Crippen molar-refractivity contribution in [3.63, 3.8) is 0 Å². The third-order valence-corrected chi connectivity index (χ3v) is 3.96. The summed E-state index contributed by atoms with van der Waals surface area (Å²) in [5.41, 5.74) is 8.93. The zero-order valence-electron chi connectivity index (χ0n) is 14.8. The Morgan fingerprint density at radius 2 is 2.12 bits per heavy atom. The van der Waals surface area contributed by atoms with Gasteiger partial charge in [0.2, 0.25) is 0 Å². The van der Waals surface area contributed by atoms with Gasteiger partial charge in [0.1, 0.15) is 11.4 Å². The second-order valence-electron chi connectivity index (χ2n) is 7.14. The number of hydrogen-bond donors (Lipinski definition) is 1. The molecule has 1 aliphatic heterocycles. The maximum Gasteiger partial charge on any atom is 0.410 e. The number of hydrogen-bond acceptors (Lipinski definition) is 4. The monoisotopic (exact) mass is 349 g/mol. The number of ether oxygens (including phenoxy) is 1. The topological polar surface area (TPSA) is 90.3 Å². The Morgan fingerprint density at radius 3 is 2.72 bits per heavy atom. The molecule has 0 unspecified atom stereocenters. The molecule has 0 aliphatic carbocycles. The summed E-state index contributed by atoms with van der Waals surface area (Å²) in [7, 11) is 0. The lowest BCUT2D eigenvalue weighted by Crippen LogP contribution is -2.42. The quantitative estimate of drug-likeness (QED) is 0.479. The van der Waals surface area contributed by atoms with Crippen molar-refractivity contribution >= 4 is 17.5 Å². The van der Waals surface area contributed by atoms with E-state index in [1.54, 1.807) is 11.0 Å². The van der Waals surface area contributed by atoms with E-state index in [4.69, 9.17) is 10.3 Å². The molecule has 1 aromatic carbocycles. The van der Waals surface area contributed by atoms with Crippen LogP contribution in [0.2, 0.25) is 0 Å². The summed E-state index contributed by atoms with van der Waals surface area (Å²) in [4.78, 5) is 16.5. The van der Waals surface area contributed by atoms with E-state index < -0.39 is 11.4 Å². The van der Waals surface area contributed by atoms with E-state index in [0.29, 0.717) is 31.2 Å². The van der Waals surface area contributed by atoms with Crippen LogP contribution in [0.15, 0.2) is 23.3 Å². The Morgan fingerprint density at radius 1 is 1.44 bits per heavy atom. The van der Waals surface area contributed by atoms with Crippen LogP contribution in [0.3, 0.4) is 0 Å². The molecule has 2 rings (SSSR count). The molecular weight excluding hydrogens is 325 g/mol. The molecule has 7 nitrogen and oxygen atoms in total. The van der Waals surface area contributed by atoms with Gasteiger partial charge in [-0.25, -0.2) is 9.18 Å². The van der Waals surface area contributed by atoms with Gasteiger partial charge in [-0.3, -0.25) is 0 Å². The molecule has 0 atom stereocenters. The normalized spacial score (nSPS) is 15.4. The highest BCUT2D eigenvalue weighted by molar-refractivity contribution is 5.68. The smallest absolute Gasteiger partial charge is 0.410 e. The predicted octanol–water partition coefficient (Wildman–Crippen LogP) is 4.83. The molecule has 8 heteroatoms. The maximum atomic E-state index is 13.2. The number of piperidine rings is 1. The number of nitrogens with one attached hydrogen (secondary N) is 1. The van der Waals surface area contributed by atoms with E-state index in [9.17, 15) is 9.18 Å². The number of nitrogens with zero attached hydrogens (tertiary/aromatic N) is 4. The molecule has 1 N–H and O–H groups in total. The standard InChI is InChI=1S/C17H24FN5O2/c1-17(2,3)25-16(24)23-8-6-12(7-9-23)11-20-14-5-4-13(18)10-15(14)21-22-19/h4-5,10,12,20H,6-9,11H2,1-3H3. The van der Waals surface area contributed by atoms with Crippen molar-refractivity contribution in [1.29, 1.82) is 0 Å². The van der Waals surface area contributed by atoms with Crippen molar-refractivity contribution < 1.29 is 13.9 Å². The van der Waals surface area contributed by atoms with E-state index >= 15 is 0 Å². The number of halogens is 1. The summed E-state index contributed by atoms with van der Waals surface area (Å²) in [5.74, 6) is -0.0683. The minimum atomic E-state index is -0.490. The van der Waals surface area contributed by atoms with Crippen LogP contribution in [-0.2, 0) is 4.74 Å². The first kappa shape index (κ1) is 18.9. The molecule has 1 fully saturated rings. The zero-order chi connectivity index (χ0) is 18.4. The Hall–Kier alpha value is -2.47. The fourth-order valence-electron chi connectivity index (χ4n) is 2.69. The Labute approximate surface area is 146 Å². The number of azide groups is 1. The SMILES string of the molecule is CC(C)(C)OC(=O)N1CCC(CNc2ccc(F)cc2N=[N+]=[N-])CC1. The Kier molecular flexibility index (Phi) is 6.09. The summed E-state index contributed by atoms with van der Waals surface area (Å²) in [6, 6.07) is 4.09. The van der Waals surface area contributed by atoms with Crippen molar-refractivity contribution in [2.45, 2.75) is 39.2 Å². The summed E-state index contributed by atoms with van der Waals surface area (Å²) >= 11 is 0. The molecule has 1 amide bonds. The van der Waals surface area contributed by atoms with Crippen LogP contribution in [0, 0.1) is 11.7 Å². The lowest BCUT2D eigenvalue weighted by atomic mass is 9.97. The Bertz CT molecular complexity index is 659. The van der Waals surface area contributed by atoms with E-state index in [1.807, 2.05) is 20.8 Å². The van der Waals surface area contributed by atoms with Crippen LogP contribution >= 0.6 is 0 Å². The predicted molar refractivity (Wildman–Crippen MR) is 94.2 cm³/mol. The maximum absolute atomic E-state index is 13.2.